The van der Waals surface area contributed by atoms with Crippen molar-refractivity contribution in [1.29, 1.82) is 0 Å². The molecule has 0 atom stereocenters. The van der Waals surface area contributed by atoms with E-state index in [1.165, 1.54) is 18.3 Å². The van der Waals surface area contributed by atoms with E-state index in [1.807, 2.05) is 0 Å². The Morgan fingerprint density at radius 2 is 2.29 bits per heavy atom. The monoisotopic (exact) mass is 234 g/mol. The van der Waals surface area contributed by atoms with Gasteiger partial charge in [-0.3, -0.25) is 9.89 Å². The number of aryl methyl sites for hydroxylation is 1. The average Bonchev–Trinajstić information content (AvgIpc) is 2.68. The highest BCUT2D eigenvalue weighted by atomic mass is 19.1. The Morgan fingerprint density at radius 1 is 1.53 bits per heavy atom. The van der Waals surface area contributed by atoms with Crippen LogP contribution >= 0.6 is 0 Å². The Balaban J connectivity index is 2.22. The van der Waals surface area contributed by atoms with Crippen molar-refractivity contribution in [3.05, 3.63) is 41.5 Å². The van der Waals surface area contributed by atoms with E-state index < -0.39 is 11.7 Å². The molecule has 1 amide bonds. The predicted molar refractivity (Wildman–Crippen MR) is 62.1 cm³/mol. The maximum atomic E-state index is 13.5. The Hall–Kier alpha value is -2.37. The van der Waals surface area contributed by atoms with Crippen LogP contribution in [0.15, 0.2) is 24.4 Å². The van der Waals surface area contributed by atoms with Gasteiger partial charge >= 0.3 is 0 Å². The van der Waals surface area contributed by atoms with Gasteiger partial charge in [0.1, 0.15) is 11.5 Å². The zero-order valence-corrected chi connectivity index (χ0v) is 9.12. The number of anilines is 2. The van der Waals surface area contributed by atoms with E-state index in [-0.39, 0.29) is 17.1 Å². The highest BCUT2D eigenvalue weighted by Crippen LogP contribution is 2.17. The number of carbonyl (C=O) groups excluding carboxylic acids is 1. The van der Waals surface area contributed by atoms with Gasteiger partial charge in [-0.05, 0) is 24.6 Å². The number of H-pyrrole nitrogens is 1. The first-order valence-electron chi connectivity index (χ1n) is 4.94. The van der Waals surface area contributed by atoms with Gasteiger partial charge in [0.15, 0.2) is 0 Å². The number of nitrogen functional groups attached to an aromatic ring is 1. The maximum Gasteiger partial charge on any atom is 0.275 e. The van der Waals surface area contributed by atoms with E-state index in [9.17, 15) is 9.18 Å². The molecule has 1 aromatic heterocycles. The number of amides is 1. The SMILES string of the molecule is Cc1ccc(NC(=O)c2[nH]ncc2N)c(F)c1. The standard InChI is InChI=1S/C11H11FN4O/c1-6-2-3-9(7(12)4-6)15-11(17)10-8(13)5-14-16-10/h2-5H,13H2,1H3,(H,14,16)(H,15,17). The average molecular weight is 234 g/mol. The molecule has 0 saturated heterocycles. The van der Waals surface area contributed by atoms with Gasteiger partial charge in [-0.1, -0.05) is 6.07 Å². The smallest absolute Gasteiger partial charge is 0.275 e. The Morgan fingerprint density at radius 3 is 2.88 bits per heavy atom. The van der Waals surface area contributed by atoms with Crippen LogP contribution in [0.2, 0.25) is 0 Å². The normalized spacial score (nSPS) is 10.2. The number of nitrogens with zero attached hydrogens (tertiary/aromatic N) is 1. The molecule has 17 heavy (non-hydrogen) atoms. The lowest BCUT2D eigenvalue weighted by Crippen LogP contribution is -2.15. The minimum atomic E-state index is -0.525. The number of aromatic nitrogens is 2. The molecule has 1 aromatic carbocycles. The highest BCUT2D eigenvalue weighted by Gasteiger charge is 2.13. The molecule has 0 aliphatic heterocycles. The summed E-state index contributed by atoms with van der Waals surface area (Å²) >= 11 is 0. The summed E-state index contributed by atoms with van der Waals surface area (Å²) < 4.78 is 13.5. The summed E-state index contributed by atoms with van der Waals surface area (Å²) in [6.07, 6.45) is 1.32. The molecule has 2 rings (SSSR count). The second-order valence-corrected chi connectivity index (χ2v) is 3.64. The van der Waals surface area contributed by atoms with Crippen LogP contribution in [0, 0.1) is 12.7 Å². The first kappa shape index (κ1) is 11.1. The van der Waals surface area contributed by atoms with Crippen molar-refractivity contribution in [2.24, 2.45) is 0 Å². The summed E-state index contributed by atoms with van der Waals surface area (Å²) in [5.41, 5.74) is 6.73. The van der Waals surface area contributed by atoms with E-state index >= 15 is 0 Å². The molecule has 0 saturated carbocycles. The van der Waals surface area contributed by atoms with Crippen molar-refractivity contribution >= 4 is 17.3 Å². The van der Waals surface area contributed by atoms with Crippen LogP contribution in [0.25, 0.3) is 0 Å². The molecule has 5 nitrogen and oxygen atoms in total. The predicted octanol–water partition coefficient (Wildman–Crippen LogP) is 1.69. The zero-order valence-electron chi connectivity index (χ0n) is 9.12. The van der Waals surface area contributed by atoms with Gasteiger partial charge in [-0.25, -0.2) is 4.39 Å². The number of nitrogens with two attached hydrogens (primary N) is 1. The van der Waals surface area contributed by atoms with Gasteiger partial charge in [0.25, 0.3) is 5.91 Å². The molecule has 0 aliphatic rings. The number of halogens is 1. The van der Waals surface area contributed by atoms with Crippen molar-refractivity contribution in [3.8, 4) is 0 Å². The van der Waals surface area contributed by atoms with E-state index in [2.05, 4.69) is 15.5 Å². The second kappa shape index (κ2) is 4.25. The molecule has 6 heteroatoms. The fourth-order valence-electron chi connectivity index (χ4n) is 1.38. The van der Waals surface area contributed by atoms with Crippen molar-refractivity contribution in [2.75, 3.05) is 11.1 Å². The second-order valence-electron chi connectivity index (χ2n) is 3.64. The van der Waals surface area contributed by atoms with Crippen LogP contribution in [-0.2, 0) is 0 Å². The Labute approximate surface area is 96.8 Å². The van der Waals surface area contributed by atoms with Gasteiger partial charge < -0.3 is 11.1 Å². The Kier molecular flexibility index (Phi) is 2.78. The number of aromatic amines is 1. The summed E-state index contributed by atoms with van der Waals surface area (Å²) in [6.45, 7) is 1.77. The molecule has 0 bridgehead atoms. The molecular weight excluding hydrogens is 223 g/mol. The van der Waals surface area contributed by atoms with Crippen molar-refractivity contribution in [3.63, 3.8) is 0 Å². The number of rotatable bonds is 2. The van der Waals surface area contributed by atoms with E-state index in [4.69, 9.17) is 5.73 Å². The largest absolute Gasteiger partial charge is 0.396 e. The third-order valence-electron chi connectivity index (χ3n) is 2.27. The molecule has 4 N–H and O–H groups in total. The van der Waals surface area contributed by atoms with Crippen molar-refractivity contribution < 1.29 is 9.18 Å². The number of nitrogens with one attached hydrogen (secondary N) is 2. The fourth-order valence-corrected chi connectivity index (χ4v) is 1.38. The summed E-state index contributed by atoms with van der Waals surface area (Å²) in [4.78, 5) is 11.7. The van der Waals surface area contributed by atoms with E-state index in [0.717, 1.165) is 5.56 Å². The first-order valence-corrected chi connectivity index (χ1v) is 4.94. The summed E-state index contributed by atoms with van der Waals surface area (Å²) in [6, 6.07) is 4.54. The molecular formula is C11H11FN4O. The maximum absolute atomic E-state index is 13.5. The molecule has 2 aromatic rings. The van der Waals surface area contributed by atoms with Gasteiger partial charge in [-0.15, -0.1) is 0 Å². The van der Waals surface area contributed by atoms with E-state index in [0.29, 0.717) is 0 Å². The molecule has 0 radical (unpaired) electrons. The molecule has 0 aliphatic carbocycles. The lowest BCUT2D eigenvalue weighted by molar-refractivity contribution is 0.102. The van der Waals surface area contributed by atoms with Crippen LogP contribution in [-0.4, -0.2) is 16.1 Å². The van der Waals surface area contributed by atoms with Crippen LogP contribution < -0.4 is 11.1 Å². The van der Waals surface area contributed by atoms with Crippen molar-refractivity contribution in [2.45, 2.75) is 6.92 Å². The van der Waals surface area contributed by atoms with Gasteiger partial charge in [0, 0.05) is 0 Å². The lowest BCUT2D eigenvalue weighted by atomic mass is 10.2. The number of benzene rings is 1. The molecule has 0 unspecified atom stereocenters. The summed E-state index contributed by atoms with van der Waals surface area (Å²) in [5, 5.41) is 8.48. The highest BCUT2D eigenvalue weighted by molar-refractivity contribution is 6.06. The number of carbonyl (C=O) groups is 1. The van der Waals surface area contributed by atoms with Gasteiger partial charge in [0.05, 0.1) is 17.6 Å². The van der Waals surface area contributed by atoms with E-state index in [1.54, 1.807) is 13.0 Å². The summed E-state index contributed by atoms with van der Waals surface area (Å²) in [5.74, 6) is -1.01. The molecule has 88 valence electrons. The summed E-state index contributed by atoms with van der Waals surface area (Å²) in [7, 11) is 0. The zero-order chi connectivity index (χ0) is 12.4. The van der Waals surface area contributed by atoms with Crippen LogP contribution in [0.4, 0.5) is 15.8 Å². The minimum absolute atomic E-state index is 0.106. The van der Waals surface area contributed by atoms with Crippen LogP contribution in [0.1, 0.15) is 16.1 Å². The van der Waals surface area contributed by atoms with Crippen molar-refractivity contribution in [1.82, 2.24) is 10.2 Å². The van der Waals surface area contributed by atoms with Crippen LogP contribution in [0.3, 0.4) is 0 Å². The van der Waals surface area contributed by atoms with Gasteiger partial charge in [-0.2, -0.15) is 5.10 Å². The first-order chi connectivity index (χ1) is 8.08. The molecule has 0 fully saturated rings. The van der Waals surface area contributed by atoms with Crippen LogP contribution in [0.5, 0.6) is 0 Å². The fraction of sp³-hybridized carbons (Fsp3) is 0.0909. The Bertz CT molecular complexity index is 564. The number of hydrogen-bond acceptors (Lipinski definition) is 3. The number of hydrogen-bond donors (Lipinski definition) is 3. The topological polar surface area (TPSA) is 83.8 Å². The molecule has 0 spiro atoms. The lowest BCUT2D eigenvalue weighted by Gasteiger charge is -2.06. The minimum Gasteiger partial charge on any atom is -0.396 e. The third-order valence-corrected chi connectivity index (χ3v) is 2.27. The quantitative estimate of drug-likeness (QED) is 0.739. The third kappa shape index (κ3) is 2.25. The van der Waals surface area contributed by atoms with Gasteiger partial charge in [0.2, 0.25) is 0 Å². The molecule has 1 heterocycles.